The number of thiophene rings is 1. The molecule has 1 aliphatic rings. The Morgan fingerprint density at radius 2 is 2.19 bits per heavy atom. The summed E-state index contributed by atoms with van der Waals surface area (Å²) in [5.41, 5.74) is 9.31. The first-order valence-corrected chi connectivity index (χ1v) is 9.22. The molecule has 0 saturated heterocycles. The molecule has 1 aliphatic heterocycles. The summed E-state index contributed by atoms with van der Waals surface area (Å²) in [5, 5.41) is 2.15. The molecule has 2 heterocycles. The normalized spacial score (nSPS) is 17.4. The lowest BCUT2D eigenvalue weighted by atomic mass is 9.96. The molecule has 2 aromatic rings. The van der Waals surface area contributed by atoms with Gasteiger partial charge in [0.05, 0.1) is 6.04 Å². The van der Waals surface area contributed by atoms with Crippen molar-refractivity contribution in [1.82, 2.24) is 0 Å². The third kappa shape index (κ3) is 3.03. The standard InChI is InChI=1S/C17H21BrN2S/c1-2-14(19)17(16-10-13(18)11-21-16)20-9-5-7-12-6-3-4-8-15(12)20/h3-4,6,8,10-11,14,17H,2,5,7,9,19H2,1H3. The topological polar surface area (TPSA) is 29.3 Å². The minimum absolute atomic E-state index is 0.154. The number of nitrogens with zero attached hydrogens (tertiary/aromatic N) is 1. The molecule has 2 unspecified atom stereocenters. The number of fused-ring (bicyclic) bond motifs is 1. The third-order valence-corrected chi connectivity index (χ3v) is 6.00. The molecular weight excluding hydrogens is 344 g/mol. The van der Waals surface area contributed by atoms with Crippen LogP contribution < -0.4 is 10.6 Å². The number of hydrogen-bond donors (Lipinski definition) is 1. The van der Waals surface area contributed by atoms with Gasteiger partial charge in [0.2, 0.25) is 0 Å². The fourth-order valence-electron chi connectivity index (χ4n) is 3.15. The third-order valence-electron chi connectivity index (χ3n) is 4.24. The lowest BCUT2D eigenvalue weighted by molar-refractivity contribution is 0.481. The lowest BCUT2D eigenvalue weighted by Gasteiger charge is -2.40. The van der Waals surface area contributed by atoms with Gasteiger partial charge in [0.15, 0.2) is 0 Å². The number of rotatable bonds is 4. The Bertz CT molecular complexity index is 610. The van der Waals surface area contributed by atoms with Crippen molar-refractivity contribution < 1.29 is 0 Å². The van der Waals surface area contributed by atoms with Crippen LogP contribution >= 0.6 is 27.3 Å². The Morgan fingerprint density at radius 3 is 2.90 bits per heavy atom. The van der Waals surface area contributed by atoms with Crippen LogP contribution in [-0.2, 0) is 6.42 Å². The fourth-order valence-corrected chi connectivity index (χ4v) is 4.79. The van der Waals surface area contributed by atoms with Crippen molar-refractivity contribution in [2.75, 3.05) is 11.4 Å². The Labute approximate surface area is 139 Å². The van der Waals surface area contributed by atoms with Crippen molar-refractivity contribution in [3.05, 3.63) is 50.6 Å². The Morgan fingerprint density at radius 1 is 1.38 bits per heavy atom. The molecule has 0 fully saturated rings. The van der Waals surface area contributed by atoms with Crippen LogP contribution in [0.3, 0.4) is 0 Å². The van der Waals surface area contributed by atoms with E-state index in [-0.39, 0.29) is 12.1 Å². The largest absolute Gasteiger partial charge is 0.362 e. The molecule has 2 N–H and O–H groups in total. The molecule has 0 aliphatic carbocycles. The maximum Gasteiger partial charge on any atom is 0.0786 e. The maximum atomic E-state index is 6.50. The lowest BCUT2D eigenvalue weighted by Crippen LogP contribution is -2.43. The van der Waals surface area contributed by atoms with Crippen molar-refractivity contribution in [2.24, 2.45) is 5.73 Å². The summed E-state index contributed by atoms with van der Waals surface area (Å²) >= 11 is 5.38. The highest BCUT2D eigenvalue weighted by Crippen LogP contribution is 2.38. The van der Waals surface area contributed by atoms with E-state index in [1.807, 2.05) is 0 Å². The van der Waals surface area contributed by atoms with Gasteiger partial charge in [0.25, 0.3) is 0 Å². The van der Waals surface area contributed by atoms with Crippen molar-refractivity contribution in [3.8, 4) is 0 Å². The van der Waals surface area contributed by atoms with Gasteiger partial charge in [0, 0.05) is 33.0 Å². The summed E-state index contributed by atoms with van der Waals surface area (Å²) in [4.78, 5) is 3.87. The van der Waals surface area contributed by atoms with Crippen LogP contribution in [0.5, 0.6) is 0 Å². The van der Waals surface area contributed by atoms with Gasteiger partial charge in [-0.05, 0) is 52.9 Å². The van der Waals surface area contributed by atoms with Crippen LogP contribution in [0.4, 0.5) is 5.69 Å². The Hall–Kier alpha value is -0.840. The zero-order valence-corrected chi connectivity index (χ0v) is 14.7. The van der Waals surface area contributed by atoms with Gasteiger partial charge < -0.3 is 10.6 Å². The number of hydrogen-bond acceptors (Lipinski definition) is 3. The van der Waals surface area contributed by atoms with Gasteiger partial charge in [-0.3, -0.25) is 0 Å². The zero-order chi connectivity index (χ0) is 14.8. The average Bonchev–Trinajstić information content (AvgIpc) is 2.93. The molecule has 2 atom stereocenters. The molecule has 21 heavy (non-hydrogen) atoms. The molecule has 4 heteroatoms. The summed E-state index contributed by atoms with van der Waals surface area (Å²) in [6, 6.07) is 11.4. The average molecular weight is 365 g/mol. The van der Waals surface area contributed by atoms with Crippen molar-refractivity contribution >= 4 is 33.0 Å². The molecule has 112 valence electrons. The molecule has 0 bridgehead atoms. The number of halogens is 1. The minimum Gasteiger partial charge on any atom is -0.362 e. The van der Waals surface area contributed by atoms with E-state index in [0.29, 0.717) is 0 Å². The van der Waals surface area contributed by atoms with Gasteiger partial charge >= 0.3 is 0 Å². The smallest absolute Gasteiger partial charge is 0.0786 e. The molecule has 1 aromatic heterocycles. The van der Waals surface area contributed by atoms with E-state index < -0.39 is 0 Å². The number of aryl methyl sites for hydroxylation is 1. The summed E-state index contributed by atoms with van der Waals surface area (Å²) in [6.45, 7) is 3.26. The van der Waals surface area contributed by atoms with E-state index in [1.54, 1.807) is 11.3 Å². The van der Waals surface area contributed by atoms with Crippen LogP contribution in [0.25, 0.3) is 0 Å². The summed E-state index contributed by atoms with van der Waals surface area (Å²) in [5.74, 6) is 0. The highest BCUT2D eigenvalue weighted by molar-refractivity contribution is 9.10. The van der Waals surface area contributed by atoms with Crippen molar-refractivity contribution in [2.45, 2.75) is 38.3 Å². The summed E-state index contributed by atoms with van der Waals surface area (Å²) in [7, 11) is 0. The maximum absolute atomic E-state index is 6.50. The van der Waals surface area contributed by atoms with Crippen LogP contribution in [0, 0.1) is 0 Å². The number of benzene rings is 1. The highest BCUT2D eigenvalue weighted by Gasteiger charge is 2.30. The molecule has 0 radical (unpaired) electrons. The number of anilines is 1. The van der Waals surface area contributed by atoms with Gasteiger partial charge in [-0.2, -0.15) is 0 Å². The molecule has 0 amide bonds. The van der Waals surface area contributed by atoms with Gasteiger partial charge in [-0.15, -0.1) is 11.3 Å². The predicted molar refractivity (Wildman–Crippen MR) is 95.1 cm³/mol. The zero-order valence-electron chi connectivity index (χ0n) is 12.3. The van der Waals surface area contributed by atoms with E-state index in [1.165, 1.54) is 29.0 Å². The van der Waals surface area contributed by atoms with Crippen molar-refractivity contribution in [1.29, 1.82) is 0 Å². The molecule has 3 rings (SSSR count). The molecule has 0 spiro atoms. The SMILES string of the molecule is CCC(N)C(c1cc(Br)cs1)N1CCCc2ccccc21. The summed E-state index contributed by atoms with van der Waals surface area (Å²) < 4.78 is 1.15. The van der Waals surface area contributed by atoms with Gasteiger partial charge in [-0.1, -0.05) is 25.1 Å². The quantitative estimate of drug-likeness (QED) is 0.848. The Kier molecular flexibility index (Phi) is 4.67. The molecule has 2 nitrogen and oxygen atoms in total. The van der Waals surface area contributed by atoms with Gasteiger partial charge in [0.1, 0.15) is 0 Å². The monoisotopic (exact) mass is 364 g/mol. The summed E-state index contributed by atoms with van der Waals surface area (Å²) in [6.07, 6.45) is 3.37. The second-order valence-corrected chi connectivity index (χ2v) is 7.47. The molecular formula is C17H21BrN2S. The first kappa shape index (κ1) is 15.1. The Balaban J connectivity index is 2.02. The van der Waals surface area contributed by atoms with Crippen molar-refractivity contribution in [3.63, 3.8) is 0 Å². The predicted octanol–water partition coefficient (Wildman–Crippen LogP) is 4.74. The van der Waals surface area contributed by atoms with Crippen LogP contribution in [0.1, 0.15) is 36.2 Å². The first-order valence-electron chi connectivity index (χ1n) is 7.54. The van der Waals surface area contributed by atoms with E-state index in [0.717, 1.165) is 17.4 Å². The van der Waals surface area contributed by atoms with Gasteiger partial charge in [-0.25, -0.2) is 0 Å². The van der Waals surface area contributed by atoms with Crippen LogP contribution in [0.15, 0.2) is 40.2 Å². The number of nitrogens with two attached hydrogens (primary N) is 1. The molecule has 1 aromatic carbocycles. The van der Waals surface area contributed by atoms with E-state index in [9.17, 15) is 0 Å². The second kappa shape index (κ2) is 6.51. The fraction of sp³-hybridized carbons (Fsp3) is 0.412. The molecule has 0 saturated carbocycles. The number of para-hydroxylation sites is 1. The first-order chi connectivity index (χ1) is 10.2. The van der Waals surface area contributed by atoms with E-state index in [4.69, 9.17) is 5.73 Å². The second-order valence-electron chi connectivity index (χ2n) is 5.61. The van der Waals surface area contributed by atoms with Crippen LogP contribution in [0.2, 0.25) is 0 Å². The highest BCUT2D eigenvalue weighted by atomic mass is 79.9. The van der Waals surface area contributed by atoms with E-state index in [2.05, 4.69) is 63.5 Å². The van der Waals surface area contributed by atoms with Crippen LogP contribution in [-0.4, -0.2) is 12.6 Å². The minimum atomic E-state index is 0.154. The van der Waals surface area contributed by atoms with E-state index >= 15 is 0 Å².